The summed E-state index contributed by atoms with van der Waals surface area (Å²) < 4.78 is 0. The number of carbonyl (C=O) groups is 2. The van der Waals surface area contributed by atoms with Gasteiger partial charge in [0.25, 0.3) is 5.91 Å². The second-order valence-corrected chi connectivity index (χ2v) is 7.73. The highest BCUT2D eigenvalue weighted by molar-refractivity contribution is 7.10. The van der Waals surface area contributed by atoms with E-state index < -0.39 is 0 Å². The van der Waals surface area contributed by atoms with Gasteiger partial charge in [-0.15, -0.1) is 11.3 Å². The number of hydrogen-bond acceptors (Lipinski definition) is 3. The van der Waals surface area contributed by atoms with Gasteiger partial charge in [0.2, 0.25) is 5.91 Å². The first-order chi connectivity index (χ1) is 12.0. The average Bonchev–Trinajstić information content (AvgIpc) is 3.07. The number of anilines is 1. The Labute approximate surface area is 153 Å². The number of benzene rings is 1. The number of carbonyl (C=O) groups excluding carboxylic acids is 2. The molecule has 2 heterocycles. The summed E-state index contributed by atoms with van der Waals surface area (Å²) >= 11 is 1.55. The van der Waals surface area contributed by atoms with E-state index >= 15 is 0 Å². The van der Waals surface area contributed by atoms with E-state index in [0.717, 1.165) is 42.1 Å². The summed E-state index contributed by atoms with van der Waals surface area (Å²) in [4.78, 5) is 30.3. The van der Waals surface area contributed by atoms with Crippen LogP contribution in [0.5, 0.6) is 0 Å². The highest BCUT2D eigenvalue weighted by Crippen LogP contribution is 2.22. The molecule has 0 N–H and O–H groups in total. The van der Waals surface area contributed by atoms with Gasteiger partial charge in [0.05, 0.1) is 5.56 Å². The highest BCUT2D eigenvalue weighted by atomic mass is 32.1. The van der Waals surface area contributed by atoms with Crippen molar-refractivity contribution in [2.24, 2.45) is 0 Å². The van der Waals surface area contributed by atoms with Crippen LogP contribution in [0.2, 0.25) is 0 Å². The van der Waals surface area contributed by atoms with Crippen molar-refractivity contribution in [2.45, 2.75) is 33.1 Å². The van der Waals surface area contributed by atoms with E-state index in [4.69, 9.17) is 0 Å². The molecule has 1 aliphatic heterocycles. The molecule has 4 nitrogen and oxygen atoms in total. The summed E-state index contributed by atoms with van der Waals surface area (Å²) in [6.07, 6.45) is 3.28. The molecule has 0 bridgehead atoms. The molecule has 1 fully saturated rings. The maximum Gasteiger partial charge on any atom is 0.259 e. The van der Waals surface area contributed by atoms with Crippen molar-refractivity contribution < 1.29 is 9.59 Å². The van der Waals surface area contributed by atoms with Gasteiger partial charge >= 0.3 is 0 Å². The lowest BCUT2D eigenvalue weighted by Crippen LogP contribution is -2.44. The minimum atomic E-state index is -0.112. The second kappa shape index (κ2) is 7.83. The molecule has 0 saturated carbocycles. The second-order valence-electron chi connectivity index (χ2n) is 6.61. The zero-order chi connectivity index (χ0) is 17.8. The Hall–Kier alpha value is -2.14. The zero-order valence-electron chi connectivity index (χ0n) is 14.8. The predicted molar refractivity (Wildman–Crippen MR) is 102 cm³/mol. The largest absolute Gasteiger partial charge is 0.341 e. The molecule has 1 aromatic carbocycles. The Bertz CT molecular complexity index is 745. The van der Waals surface area contributed by atoms with Gasteiger partial charge in [-0.25, -0.2) is 0 Å². The molecule has 2 amide bonds. The molecule has 1 saturated heterocycles. The summed E-state index contributed by atoms with van der Waals surface area (Å²) in [6.45, 7) is 5.68. The molecule has 132 valence electrons. The third kappa shape index (κ3) is 4.28. The Morgan fingerprint density at radius 2 is 1.76 bits per heavy atom. The molecule has 0 spiro atoms. The van der Waals surface area contributed by atoms with Gasteiger partial charge < -0.3 is 4.90 Å². The minimum Gasteiger partial charge on any atom is -0.341 e. The van der Waals surface area contributed by atoms with Crippen molar-refractivity contribution in [3.63, 3.8) is 0 Å². The smallest absolute Gasteiger partial charge is 0.259 e. The maximum absolute atomic E-state index is 13.0. The number of aryl methyl sites for hydroxylation is 2. The first-order valence-electron chi connectivity index (χ1n) is 8.76. The number of rotatable bonds is 4. The third-order valence-corrected chi connectivity index (χ3v) is 5.43. The molecule has 1 aliphatic rings. The number of thiophene rings is 1. The third-order valence-electron chi connectivity index (χ3n) is 4.57. The monoisotopic (exact) mass is 356 g/mol. The fraction of sp³-hybridized carbons (Fsp3) is 0.400. The average molecular weight is 356 g/mol. The fourth-order valence-electron chi connectivity index (χ4n) is 3.10. The van der Waals surface area contributed by atoms with Gasteiger partial charge in [-0.05, 0) is 51.3 Å². The van der Waals surface area contributed by atoms with Crippen LogP contribution in [-0.2, 0) is 4.79 Å². The van der Waals surface area contributed by atoms with Crippen LogP contribution in [0.15, 0.2) is 35.7 Å². The van der Waals surface area contributed by atoms with Gasteiger partial charge in [0, 0.05) is 29.0 Å². The summed E-state index contributed by atoms with van der Waals surface area (Å²) in [5.41, 5.74) is 2.55. The molecule has 2 aromatic rings. The van der Waals surface area contributed by atoms with E-state index in [1.807, 2.05) is 54.5 Å². The molecular formula is C20H24N2O2S. The standard InChI is InChI=1S/C20H24N2O2S/c1-15-6-8-18(9-7-15)22(20(24)17-12-16(2)25-14-17)13-19(23)21-10-4-3-5-11-21/h6-9,12,14H,3-5,10-11,13H2,1-2H3. The molecule has 0 radical (unpaired) electrons. The van der Waals surface area contributed by atoms with Crippen molar-refractivity contribution in [1.29, 1.82) is 0 Å². The molecule has 0 unspecified atom stereocenters. The van der Waals surface area contributed by atoms with Crippen LogP contribution >= 0.6 is 11.3 Å². The summed E-state index contributed by atoms with van der Waals surface area (Å²) in [6, 6.07) is 9.66. The number of hydrogen-bond donors (Lipinski definition) is 0. The van der Waals surface area contributed by atoms with Crippen molar-refractivity contribution in [3.8, 4) is 0 Å². The Kier molecular flexibility index (Phi) is 5.53. The Balaban J connectivity index is 1.84. The molecule has 25 heavy (non-hydrogen) atoms. The number of amides is 2. The predicted octanol–water partition coefficient (Wildman–Crippen LogP) is 4.02. The van der Waals surface area contributed by atoms with Crippen LogP contribution in [0, 0.1) is 13.8 Å². The van der Waals surface area contributed by atoms with E-state index in [2.05, 4.69) is 0 Å². The number of nitrogens with zero attached hydrogens (tertiary/aromatic N) is 2. The van der Waals surface area contributed by atoms with Gasteiger partial charge in [0.15, 0.2) is 0 Å². The topological polar surface area (TPSA) is 40.6 Å². The molecule has 0 aliphatic carbocycles. The van der Waals surface area contributed by atoms with Crippen molar-refractivity contribution in [2.75, 3.05) is 24.5 Å². The number of likely N-dealkylation sites (tertiary alicyclic amines) is 1. The van der Waals surface area contributed by atoms with E-state index in [9.17, 15) is 9.59 Å². The van der Waals surface area contributed by atoms with Crippen LogP contribution in [0.4, 0.5) is 5.69 Å². The van der Waals surface area contributed by atoms with Crippen LogP contribution in [0.1, 0.15) is 40.1 Å². The Morgan fingerprint density at radius 1 is 1.08 bits per heavy atom. The summed E-state index contributed by atoms with van der Waals surface area (Å²) in [5.74, 6) is -0.0841. The van der Waals surface area contributed by atoms with Gasteiger partial charge in [-0.3, -0.25) is 14.5 Å². The summed E-state index contributed by atoms with van der Waals surface area (Å²) in [5, 5.41) is 1.87. The van der Waals surface area contributed by atoms with E-state index in [-0.39, 0.29) is 18.4 Å². The molecular weight excluding hydrogens is 332 g/mol. The van der Waals surface area contributed by atoms with Gasteiger partial charge in [-0.1, -0.05) is 17.7 Å². The quantitative estimate of drug-likeness (QED) is 0.830. The van der Waals surface area contributed by atoms with Crippen molar-refractivity contribution >= 4 is 28.8 Å². The van der Waals surface area contributed by atoms with Crippen molar-refractivity contribution in [1.82, 2.24) is 4.90 Å². The fourth-order valence-corrected chi connectivity index (χ4v) is 3.77. The zero-order valence-corrected chi connectivity index (χ0v) is 15.6. The van der Waals surface area contributed by atoms with Crippen LogP contribution < -0.4 is 4.90 Å². The Morgan fingerprint density at radius 3 is 2.36 bits per heavy atom. The molecule has 5 heteroatoms. The van der Waals surface area contributed by atoms with Crippen LogP contribution in [0.3, 0.4) is 0 Å². The van der Waals surface area contributed by atoms with Gasteiger partial charge in [0.1, 0.15) is 6.54 Å². The molecule has 3 rings (SSSR count). The van der Waals surface area contributed by atoms with Crippen LogP contribution in [-0.4, -0.2) is 36.3 Å². The lowest BCUT2D eigenvalue weighted by Gasteiger charge is -2.30. The lowest BCUT2D eigenvalue weighted by atomic mass is 10.1. The van der Waals surface area contributed by atoms with E-state index in [0.29, 0.717) is 5.56 Å². The van der Waals surface area contributed by atoms with Crippen LogP contribution in [0.25, 0.3) is 0 Å². The highest BCUT2D eigenvalue weighted by Gasteiger charge is 2.25. The minimum absolute atomic E-state index is 0.0283. The first-order valence-corrected chi connectivity index (χ1v) is 9.64. The normalized spacial score (nSPS) is 14.4. The number of piperidine rings is 1. The molecule has 1 aromatic heterocycles. The maximum atomic E-state index is 13.0. The summed E-state index contributed by atoms with van der Waals surface area (Å²) in [7, 11) is 0. The first kappa shape index (κ1) is 17.7. The van der Waals surface area contributed by atoms with Gasteiger partial charge in [-0.2, -0.15) is 0 Å². The van der Waals surface area contributed by atoms with E-state index in [1.54, 1.807) is 16.2 Å². The molecule has 0 atom stereocenters. The lowest BCUT2D eigenvalue weighted by molar-refractivity contribution is -0.130. The van der Waals surface area contributed by atoms with Crippen molar-refractivity contribution in [3.05, 3.63) is 51.7 Å². The van der Waals surface area contributed by atoms with E-state index in [1.165, 1.54) is 6.42 Å². The SMILES string of the molecule is Cc1ccc(N(CC(=O)N2CCCCC2)C(=O)c2csc(C)c2)cc1.